The van der Waals surface area contributed by atoms with Crippen LogP contribution in [0.15, 0.2) is 65.7 Å². The minimum Gasteiger partial charge on any atom is -0.379 e. The Kier molecular flexibility index (Phi) is 15.7. The van der Waals surface area contributed by atoms with E-state index in [0.29, 0.717) is 6.10 Å². The quantitative estimate of drug-likeness (QED) is 0.470. The van der Waals surface area contributed by atoms with E-state index in [0.717, 1.165) is 19.1 Å². The fourth-order valence-corrected chi connectivity index (χ4v) is 2.66. The maximum Gasteiger partial charge on any atom is 0.428 e. The molecule has 1 saturated heterocycles. The third kappa shape index (κ3) is 16.2. The lowest BCUT2D eigenvalue weighted by Gasteiger charge is -2.10. The van der Waals surface area contributed by atoms with E-state index in [1.165, 1.54) is 32.3 Å². The van der Waals surface area contributed by atoms with Crippen LogP contribution in [-0.4, -0.2) is 30.4 Å². The second kappa shape index (κ2) is 17.0. The normalized spacial score (nSPS) is 17.0. The summed E-state index contributed by atoms with van der Waals surface area (Å²) >= 11 is 0. The van der Waals surface area contributed by atoms with Gasteiger partial charge in [0.1, 0.15) is 11.5 Å². The number of carbonyl (C=O) groups excluding carboxylic acids is 1. The topological polar surface area (TPSA) is 64.7 Å². The van der Waals surface area contributed by atoms with E-state index in [2.05, 4.69) is 11.9 Å². The number of hydrogen-bond acceptors (Lipinski definition) is 4. The van der Waals surface area contributed by atoms with E-state index < -0.39 is 17.9 Å². The molecular weight excluding hydrogens is 441 g/mol. The number of ketones is 1. The van der Waals surface area contributed by atoms with Crippen LogP contribution in [-0.2, 0) is 9.53 Å². The lowest BCUT2D eigenvalue weighted by molar-refractivity contribution is -0.115. The SMILES string of the molecule is CC(=N[C@@H](C)c1ccccc1)C(F)(F)F.CC(C)=O.CC1CCCO1.C[C@H](N)c1ccccc1. The minimum absolute atomic E-state index is 0.159. The van der Waals surface area contributed by atoms with Crippen molar-refractivity contribution in [3.8, 4) is 0 Å². The Morgan fingerprint density at radius 3 is 1.68 bits per heavy atom. The first kappa shape index (κ1) is 31.5. The molecule has 2 N–H and O–H groups in total. The lowest BCUT2D eigenvalue weighted by atomic mass is 10.1. The number of nitrogens with zero attached hydrogens (tertiary/aromatic N) is 1. The summed E-state index contributed by atoms with van der Waals surface area (Å²) in [7, 11) is 0. The van der Waals surface area contributed by atoms with Gasteiger partial charge >= 0.3 is 6.18 Å². The van der Waals surface area contributed by atoms with Crippen LogP contribution >= 0.6 is 0 Å². The minimum atomic E-state index is -4.33. The highest BCUT2D eigenvalue weighted by atomic mass is 19.4. The van der Waals surface area contributed by atoms with Gasteiger partial charge in [0.2, 0.25) is 0 Å². The third-order valence-corrected chi connectivity index (χ3v) is 4.56. The summed E-state index contributed by atoms with van der Waals surface area (Å²) in [6.07, 6.45) is -1.26. The van der Waals surface area contributed by atoms with Gasteiger partial charge in [-0.3, -0.25) is 4.99 Å². The van der Waals surface area contributed by atoms with Gasteiger partial charge in [0.15, 0.2) is 0 Å². The largest absolute Gasteiger partial charge is 0.428 e. The first-order valence-electron chi connectivity index (χ1n) is 11.4. The number of rotatable bonds is 3. The molecule has 0 spiro atoms. The van der Waals surface area contributed by atoms with Crippen molar-refractivity contribution in [2.45, 2.75) is 78.7 Å². The first-order chi connectivity index (χ1) is 15.8. The molecular formula is C27H39F3N2O2. The molecule has 7 heteroatoms. The summed E-state index contributed by atoms with van der Waals surface area (Å²) in [5.41, 5.74) is 6.79. The molecule has 0 bridgehead atoms. The van der Waals surface area contributed by atoms with Gasteiger partial charge in [0.25, 0.3) is 0 Å². The molecule has 2 aromatic rings. The molecule has 1 unspecified atom stereocenters. The lowest BCUT2D eigenvalue weighted by Crippen LogP contribution is -2.20. The Hall–Kier alpha value is -2.51. The molecule has 1 aliphatic heterocycles. The molecule has 0 amide bonds. The summed E-state index contributed by atoms with van der Waals surface area (Å²) in [5, 5.41) is 0. The Balaban J connectivity index is 0.000000483. The molecule has 2 aromatic carbocycles. The monoisotopic (exact) mass is 480 g/mol. The number of ether oxygens (including phenoxy) is 1. The van der Waals surface area contributed by atoms with Crippen LogP contribution in [0.1, 0.15) is 77.6 Å². The van der Waals surface area contributed by atoms with Crippen LogP contribution in [0, 0.1) is 0 Å². The van der Waals surface area contributed by atoms with E-state index in [4.69, 9.17) is 10.5 Å². The van der Waals surface area contributed by atoms with Crippen molar-refractivity contribution in [1.82, 2.24) is 0 Å². The van der Waals surface area contributed by atoms with Crippen molar-refractivity contribution in [1.29, 1.82) is 0 Å². The summed E-state index contributed by atoms with van der Waals surface area (Å²) < 4.78 is 41.7. The van der Waals surface area contributed by atoms with E-state index in [9.17, 15) is 18.0 Å². The first-order valence-corrected chi connectivity index (χ1v) is 11.4. The molecule has 34 heavy (non-hydrogen) atoms. The van der Waals surface area contributed by atoms with Crippen LogP contribution in [0.4, 0.5) is 13.2 Å². The molecule has 0 aromatic heterocycles. The average Bonchev–Trinajstić information content (AvgIpc) is 3.25. The average molecular weight is 481 g/mol. The number of Topliss-reactive ketones (excluding diaryl/α,β-unsaturated/α-hetero) is 1. The Labute approximate surface area is 202 Å². The number of alkyl halides is 3. The number of halogens is 3. The predicted molar refractivity (Wildman–Crippen MR) is 134 cm³/mol. The number of carbonyl (C=O) groups is 1. The van der Waals surface area contributed by atoms with E-state index in [1.54, 1.807) is 31.2 Å². The van der Waals surface area contributed by atoms with Crippen molar-refractivity contribution in [2.75, 3.05) is 6.61 Å². The van der Waals surface area contributed by atoms with E-state index >= 15 is 0 Å². The Morgan fingerprint density at radius 2 is 1.41 bits per heavy atom. The molecule has 1 heterocycles. The molecule has 4 nitrogen and oxygen atoms in total. The number of nitrogens with two attached hydrogens (primary N) is 1. The fourth-order valence-electron chi connectivity index (χ4n) is 2.66. The molecule has 0 radical (unpaired) electrons. The van der Waals surface area contributed by atoms with Gasteiger partial charge in [0.05, 0.1) is 12.1 Å². The highest BCUT2D eigenvalue weighted by Crippen LogP contribution is 2.22. The summed E-state index contributed by atoms with van der Waals surface area (Å²) in [6.45, 7) is 10.8. The van der Waals surface area contributed by atoms with Crippen molar-refractivity contribution >= 4 is 11.5 Å². The molecule has 0 saturated carbocycles. The number of benzene rings is 2. The van der Waals surface area contributed by atoms with Gasteiger partial charge in [0, 0.05) is 12.6 Å². The third-order valence-electron chi connectivity index (χ3n) is 4.56. The highest BCUT2D eigenvalue weighted by Gasteiger charge is 2.32. The predicted octanol–water partition coefficient (Wildman–Crippen LogP) is 7.26. The van der Waals surface area contributed by atoms with Crippen LogP contribution in [0.25, 0.3) is 0 Å². The second-order valence-electron chi connectivity index (χ2n) is 8.23. The molecule has 3 rings (SSSR count). The second-order valence-corrected chi connectivity index (χ2v) is 8.23. The highest BCUT2D eigenvalue weighted by molar-refractivity contribution is 5.87. The maximum absolute atomic E-state index is 12.2. The molecule has 3 atom stereocenters. The van der Waals surface area contributed by atoms with Crippen molar-refractivity contribution in [2.24, 2.45) is 10.7 Å². The van der Waals surface area contributed by atoms with Crippen molar-refractivity contribution in [3.63, 3.8) is 0 Å². The zero-order chi connectivity index (χ0) is 26.1. The zero-order valence-corrected chi connectivity index (χ0v) is 21.1. The molecule has 190 valence electrons. The van der Waals surface area contributed by atoms with Crippen molar-refractivity contribution in [3.05, 3.63) is 71.8 Å². The molecule has 1 aliphatic rings. The fraction of sp³-hybridized carbons (Fsp3) is 0.481. The van der Waals surface area contributed by atoms with Gasteiger partial charge in [-0.15, -0.1) is 0 Å². The van der Waals surface area contributed by atoms with Gasteiger partial charge < -0.3 is 15.3 Å². The summed E-state index contributed by atoms with van der Waals surface area (Å²) in [5.74, 6) is 0.167. The van der Waals surface area contributed by atoms with E-state index in [1.807, 2.05) is 43.3 Å². The van der Waals surface area contributed by atoms with Gasteiger partial charge in [-0.25, -0.2) is 0 Å². The summed E-state index contributed by atoms with van der Waals surface area (Å²) in [6, 6.07) is 18.7. The number of aliphatic imine (C=N–C) groups is 1. The Bertz CT molecular complexity index is 813. The van der Waals surface area contributed by atoms with Gasteiger partial charge in [-0.1, -0.05) is 60.7 Å². The smallest absolute Gasteiger partial charge is 0.379 e. The molecule has 0 aliphatic carbocycles. The number of hydrogen-bond donors (Lipinski definition) is 1. The van der Waals surface area contributed by atoms with Crippen LogP contribution < -0.4 is 5.73 Å². The maximum atomic E-state index is 12.2. The van der Waals surface area contributed by atoms with Crippen molar-refractivity contribution < 1.29 is 22.7 Å². The summed E-state index contributed by atoms with van der Waals surface area (Å²) in [4.78, 5) is 13.1. The Morgan fingerprint density at radius 1 is 0.971 bits per heavy atom. The zero-order valence-electron chi connectivity index (χ0n) is 21.1. The standard InChI is InChI=1S/C11H12F3N.C8H11N.C5H10O.C3H6O/c1-8(10-6-4-3-5-7-10)15-9(2)11(12,13)14;1-7(9)8-5-3-2-4-6-8;1-5-3-2-4-6-5;1-3(2)4/h3-8H,1-2H3;2-7H,9H2,1H3;5H,2-4H2,1H3;1-2H3/t8-;7-;;/m00../s1. The van der Waals surface area contributed by atoms with Gasteiger partial charge in [-0.05, 0) is 65.5 Å². The van der Waals surface area contributed by atoms with Gasteiger partial charge in [-0.2, -0.15) is 13.2 Å². The van der Waals surface area contributed by atoms with Crippen LogP contribution in [0.3, 0.4) is 0 Å². The molecule has 1 fully saturated rings. The van der Waals surface area contributed by atoms with Crippen LogP contribution in [0.2, 0.25) is 0 Å². The van der Waals surface area contributed by atoms with E-state index in [-0.39, 0.29) is 11.8 Å². The van der Waals surface area contributed by atoms with Crippen LogP contribution in [0.5, 0.6) is 0 Å².